The van der Waals surface area contributed by atoms with Gasteiger partial charge in [0.15, 0.2) is 0 Å². The highest BCUT2D eigenvalue weighted by atomic mass is 16.5. The minimum atomic E-state index is -0.0998. The maximum atomic E-state index is 12.8. The predicted octanol–water partition coefficient (Wildman–Crippen LogP) is 2.26. The lowest BCUT2D eigenvalue weighted by Gasteiger charge is -2.35. The molecular formula is C21H28N4O2. The average Bonchev–Trinajstić information content (AvgIpc) is 2.70. The number of amides is 1. The molecule has 1 aliphatic rings. The Morgan fingerprint density at radius 1 is 1.22 bits per heavy atom. The molecule has 1 fully saturated rings. The van der Waals surface area contributed by atoms with Gasteiger partial charge < -0.3 is 15.0 Å². The van der Waals surface area contributed by atoms with Crippen molar-refractivity contribution < 1.29 is 9.53 Å². The number of benzene rings is 1. The third kappa shape index (κ3) is 4.84. The molecule has 1 aromatic carbocycles. The van der Waals surface area contributed by atoms with Gasteiger partial charge in [0.25, 0.3) is 5.91 Å². The van der Waals surface area contributed by atoms with Crippen molar-refractivity contribution in [2.24, 2.45) is 0 Å². The number of aromatic nitrogens is 1. The highest BCUT2D eigenvalue weighted by Crippen LogP contribution is 2.22. The predicted molar refractivity (Wildman–Crippen MR) is 107 cm³/mol. The first-order valence-corrected chi connectivity index (χ1v) is 9.35. The number of hydrogen-bond donors (Lipinski definition) is 1. The monoisotopic (exact) mass is 368 g/mol. The van der Waals surface area contributed by atoms with Crippen molar-refractivity contribution >= 4 is 11.7 Å². The van der Waals surface area contributed by atoms with Crippen LogP contribution in [-0.2, 0) is 4.74 Å². The number of ether oxygens (including phenoxy) is 1. The Bertz CT molecular complexity index is 755. The maximum Gasteiger partial charge on any atom is 0.255 e. The van der Waals surface area contributed by atoms with E-state index in [9.17, 15) is 4.79 Å². The van der Waals surface area contributed by atoms with E-state index in [-0.39, 0.29) is 11.9 Å². The van der Waals surface area contributed by atoms with E-state index in [1.807, 2.05) is 25.1 Å². The molecule has 1 N–H and O–H groups in total. The summed E-state index contributed by atoms with van der Waals surface area (Å²) in [4.78, 5) is 21.4. The van der Waals surface area contributed by atoms with Crippen LogP contribution in [0.5, 0.6) is 0 Å². The summed E-state index contributed by atoms with van der Waals surface area (Å²) in [5, 5.41) is 3.12. The number of carbonyl (C=O) groups excluding carboxylic acids is 1. The topological polar surface area (TPSA) is 57.7 Å². The number of nitrogens with one attached hydrogen (secondary N) is 1. The highest BCUT2D eigenvalue weighted by Gasteiger charge is 2.24. The molecule has 1 saturated heterocycles. The molecule has 1 atom stereocenters. The standard InChI is InChI=1S/C21H28N4O2/c1-16-6-8-17(9-7-16)19(25-11-13-27-14-12-25)15-23-21(26)18-5-4-10-22-20(18)24(2)3/h4-10,19H,11-15H2,1-3H3,(H,23,26). The number of hydrogen-bond acceptors (Lipinski definition) is 5. The van der Waals surface area contributed by atoms with Crippen LogP contribution in [0.3, 0.4) is 0 Å². The quantitative estimate of drug-likeness (QED) is 0.848. The van der Waals surface area contributed by atoms with Crippen molar-refractivity contribution in [3.63, 3.8) is 0 Å². The van der Waals surface area contributed by atoms with Gasteiger partial charge in [0.2, 0.25) is 0 Å². The molecule has 3 rings (SSSR count). The van der Waals surface area contributed by atoms with Gasteiger partial charge in [-0.2, -0.15) is 0 Å². The van der Waals surface area contributed by atoms with Gasteiger partial charge in [-0.1, -0.05) is 29.8 Å². The van der Waals surface area contributed by atoms with Crippen molar-refractivity contribution in [2.75, 3.05) is 51.8 Å². The molecule has 6 nitrogen and oxygen atoms in total. The fourth-order valence-electron chi connectivity index (χ4n) is 3.35. The van der Waals surface area contributed by atoms with Crippen LogP contribution in [0.25, 0.3) is 0 Å². The number of pyridine rings is 1. The van der Waals surface area contributed by atoms with E-state index in [2.05, 4.69) is 46.4 Å². The molecule has 1 aliphatic heterocycles. The molecule has 0 aliphatic carbocycles. The summed E-state index contributed by atoms with van der Waals surface area (Å²) in [6.07, 6.45) is 1.70. The second-order valence-electron chi connectivity index (χ2n) is 7.05. The van der Waals surface area contributed by atoms with E-state index in [1.165, 1.54) is 11.1 Å². The lowest BCUT2D eigenvalue weighted by atomic mass is 10.0. The zero-order chi connectivity index (χ0) is 19.2. The van der Waals surface area contributed by atoms with E-state index in [4.69, 9.17) is 4.74 Å². The lowest BCUT2D eigenvalue weighted by Crippen LogP contribution is -2.44. The minimum Gasteiger partial charge on any atom is -0.379 e. The molecule has 2 heterocycles. The molecule has 1 aromatic heterocycles. The molecular weight excluding hydrogens is 340 g/mol. The number of morpholine rings is 1. The molecule has 0 saturated carbocycles. The molecule has 144 valence electrons. The Kier molecular flexibility index (Phi) is 6.42. The third-order valence-corrected chi connectivity index (χ3v) is 4.86. The van der Waals surface area contributed by atoms with Crippen LogP contribution in [0, 0.1) is 6.92 Å². The summed E-state index contributed by atoms with van der Waals surface area (Å²) in [6, 6.07) is 12.3. The van der Waals surface area contributed by atoms with Crippen molar-refractivity contribution in [1.82, 2.24) is 15.2 Å². The summed E-state index contributed by atoms with van der Waals surface area (Å²) in [5.74, 6) is 0.574. The number of anilines is 1. The van der Waals surface area contributed by atoms with Crippen LogP contribution in [0.1, 0.15) is 27.5 Å². The third-order valence-electron chi connectivity index (χ3n) is 4.86. The van der Waals surface area contributed by atoms with Crippen molar-refractivity contribution in [3.8, 4) is 0 Å². The van der Waals surface area contributed by atoms with E-state index in [0.717, 1.165) is 26.3 Å². The van der Waals surface area contributed by atoms with Gasteiger partial charge in [-0.3, -0.25) is 9.69 Å². The summed E-state index contributed by atoms with van der Waals surface area (Å²) in [7, 11) is 3.78. The number of carbonyl (C=O) groups is 1. The Balaban J connectivity index is 1.76. The summed E-state index contributed by atoms with van der Waals surface area (Å²) in [6.45, 7) is 5.81. The lowest BCUT2D eigenvalue weighted by molar-refractivity contribution is 0.0162. The molecule has 1 amide bonds. The number of aryl methyl sites for hydroxylation is 1. The van der Waals surface area contributed by atoms with Crippen LogP contribution in [0.15, 0.2) is 42.6 Å². The van der Waals surface area contributed by atoms with Gasteiger partial charge in [0.05, 0.1) is 24.8 Å². The average molecular weight is 368 g/mol. The number of nitrogens with zero attached hydrogens (tertiary/aromatic N) is 3. The molecule has 27 heavy (non-hydrogen) atoms. The normalized spacial score (nSPS) is 16.0. The van der Waals surface area contributed by atoms with Gasteiger partial charge in [-0.15, -0.1) is 0 Å². The van der Waals surface area contributed by atoms with Crippen LogP contribution >= 0.6 is 0 Å². The summed E-state index contributed by atoms with van der Waals surface area (Å²) in [5.41, 5.74) is 3.03. The van der Waals surface area contributed by atoms with Gasteiger partial charge in [0.1, 0.15) is 5.82 Å². The van der Waals surface area contributed by atoms with E-state index >= 15 is 0 Å². The zero-order valence-corrected chi connectivity index (χ0v) is 16.3. The summed E-state index contributed by atoms with van der Waals surface area (Å²) < 4.78 is 5.50. The second kappa shape index (κ2) is 8.97. The van der Waals surface area contributed by atoms with Crippen molar-refractivity contribution in [2.45, 2.75) is 13.0 Å². The van der Waals surface area contributed by atoms with Gasteiger partial charge >= 0.3 is 0 Å². The second-order valence-corrected chi connectivity index (χ2v) is 7.05. The van der Waals surface area contributed by atoms with Gasteiger partial charge in [0, 0.05) is 39.9 Å². The SMILES string of the molecule is Cc1ccc(C(CNC(=O)c2cccnc2N(C)C)N2CCOCC2)cc1. The molecule has 0 radical (unpaired) electrons. The number of rotatable bonds is 6. The van der Waals surface area contributed by atoms with Crippen molar-refractivity contribution in [3.05, 3.63) is 59.3 Å². The van der Waals surface area contributed by atoms with Crippen LogP contribution in [0.2, 0.25) is 0 Å². The molecule has 6 heteroatoms. The fourth-order valence-corrected chi connectivity index (χ4v) is 3.35. The Hall–Kier alpha value is -2.44. The van der Waals surface area contributed by atoms with Crippen LogP contribution in [-0.4, -0.2) is 62.7 Å². The van der Waals surface area contributed by atoms with E-state index in [1.54, 1.807) is 12.3 Å². The first-order chi connectivity index (χ1) is 13.1. The van der Waals surface area contributed by atoms with Crippen molar-refractivity contribution in [1.29, 1.82) is 0 Å². The molecule has 0 spiro atoms. The van der Waals surface area contributed by atoms with Crippen LogP contribution in [0.4, 0.5) is 5.82 Å². The first-order valence-electron chi connectivity index (χ1n) is 9.35. The Morgan fingerprint density at radius 2 is 1.93 bits per heavy atom. The van der Waals surface area contributed by atoms with Crippen LogP contribution < -0.4 is 10.2 Å². The highest BCUT2D eigenvalue weighted by molar-refractivity contribution is 5.98. The molecule has 1 unspecified atom stereocenters. The fraction of sp³-hybridized carbons (Fsp3) is 0.429. The summed E-state index contributed by atoms with van der Waals surface area (Å²) >= 11 is 0. The molecule has 0 bridgehead atoms. The maximum absolute atomic E-state index is 12.8. The van der Waals surface area contributed by atoms with E-state index in [0.29, 0.717) is 17.9 Å². The largest absolute Gasteiger partial charge is 0.379 e. The Morgan fingerprint density at radius 3 is 2.59 bits per heavy atom. The van der Waals surface area contributed by atoms with Gasteiger partial charge in [-0.25, -0.2) is 4.98 Å². The Labute approximate surface area is 161 Å². The smallest absolute Gasteiger partial charge is 0.255 e. The van der Waals surface area contributed by atoms with E-state index < -0.39 is 0 Å². The van der Waals surface area contributed by atoms with Gasteiger partial charge in [-0.05, 0) is 24.6 Å². The molecule has 2 aromatic rings. The zero-order valence-electron chi connectivity index (χ0n) is 16.3. The minimum absolute atomic E-state index is 0.0998. The first kappa shape index (κ1) is 19.3.